The van der Waals surface area contributed by atoms with Gasteiger partial charge in [0.1, 0.15) is 17.0 Å². The van der Waals surface area contributed by atoms with Gasteiger partial charge in [-0.2, -0.15) is 0 Å². The number of carboxylic acid groups (broad SMARTS) is 1. The Hall–Kier alpha value is -1.72. The number of benzene rings is 1. The van der Waals surface area contributed by atoms with E-state index in [1.165, 1.54) is 12.1 Å². The van der Waals surface area contributed by atoms with Crippen molar-refractivity contribution in [3.8, 4) is 5.75 Å². The number of quaternary nitrogens is 1. The standard InChI is InChI=1S/C7H7NO3.H2O4S.H2O/c8-4-1-2-6(9)5(3-4)7(10)11;1-5(2,3)4;/h1-3,9H,8H2,(H,10,11);(H2,1,2,3,4);1H2. The highest BCUT2D eigenvalue weighted by atomic mass is 32.3. The van der Waals surface area contributed by atoms with Gasteiger partial charge in [0.15, 0.2) is 0 Å². The number of rotatable bonds is 1. The molecule has 1 aromatic carbocycles. The molecule has 0 unspecified atom stereocenters. The van der Waals surface area contributed by atoms with Crippen molar-refractivity contribution in [1.82, 2.24) is 0 Å². The summed E-state index contributed by atoms with van der Waals surface area (Å²) in [4.78, 5) is 10.4. The SMILES string of the molecule is O.O=S(=O)([O-])O.[NH3+]c1ccc(O)c(C(=O)O)c1. The largest absolute Gasteiger partial charge is 0.726 e. The van der Waals surface area contributed by atoms with Gasteiger partial charge in [-0.1, -0.05) is 0 Å². The molecule has 0 fully saturated rings. The summed E-state index contributed by atoms with van der Waals surface area (Å²) in [6.07, 6.45) is 0. The van der Waals surface area contributed by atoms with Crippen LogP contribution in [0.25, 0.3) is 0 Å². The van der Waals surface area contributed by atoms with Gasteiger partial charge < -0.3 is 26.0 Å². The normalized spacial score (nSPS) is 9.59. The van der Waals surface area contributed by atoms with Crippen molar-refractivity contribution >= 4 is 22.1 Å². The van der Waals surface area contributed by atoms with Crippen molar-refractivity contribution in [2.45, 2.75) is 0 Å². The minimum absolute atomic E-state index is 0. The highest BCUT2D eigenvalue weighted by molar-refractivity contribution is 7.79. The summed E-state index contributed by atoms with van der Waals surface area (Å²) in [5.74, 6) is -1.38. The number of aromatic hydroxyl groups is 1. The second kappa shape index (κ2) is 6.78. The molecule has 0 aromatic heterocycles. The van der Waals surface area contributed by atoms with Gasteiger partial charge in [-0.3, -0.25) is 4.55 Å². The van der Waals surface area contributed by atoms with E-state index in [0.717, 1.165) is 0 Å². The second-order valence-electron chi connectivity index (χ2n) is 2.58. The van der Waals surface area contributed by atoms with Crippen LogP contribution in [0.3, 0.4) is 0 Å². The Kier molecular flexibility index (Phi) is 7.04. The third kappa shape index (κ3) is 9.22. The van der Waals surface area contributed by atoms with Gasteiger partial charge in [0.2, 0.25) is 10.4 Å². The molecule has 0 spiro atoms. The van der Waals surface area contributed by atoms with Crippen LogP contribution in [-0.4, -0.2) is 39.2 Å². The molecule has 17 heavy (non-hydrogen) atoms. The fourth-order valence-corrected chi connectivity index (χ4v) is 0.754. The Labute approximate surface area is 96.0 Å². The Morgan fingerprint density at radius 2 is 1.76 bits per heavy atom. The molecule has 10 heteroatoms. The maximum atomic E-state index is 10.4. The van der Waals surface area contributed by atoms with Crippen LogP contribution in [0.1, 0.15) is 10.4 Å². The first kappa shape index (κ1) is 17.7. The number of hydrogen-bond donors (Lipinski definition) is 4. The summed E-state index contributed by atoms with van der Waals surface area (Å²) in [7, 11) is -4.92. The monoisotopic (exact) mass is 269 g/mol. The van der Waals surface area contributed by atoms with Crippen molar-refractivity contribution in [3.63, 3.8) is 0 Å². The quantitative estimate of drug-likeness (QED) is 0.338. The van der Waals surface area contributed by atoms with Crippen LogP contribution in [0.15, 0.2) is 18.2 Å². The van der Waals surface area contributed by atoms with E-state index in [9.17, 15) is 4.79 Å². The fraction of sp³-hybridized carbons (Fsp3) is 0. The molecule has 0 heterocycles. The van der Waals surface area contributed by atoms with Crippen molar-refractivity contribution in [2.24, 2.45) is 0 Å². The number of phenols is 1. The van der Waals surface area contributed by atoms with E-state index in [0.29, 0.717) is 5.69 Å². The van der Waals surface area contributed by atoms with Crippen LogP contribution in [0.5, 0.6) is 5.75 Å². The molecular formula is C7H11NO8S. The molecule has 0 aliphatic heterocycles. The molecule has 9 nitrogen and oxygen atoms in total. The topological polar surface area (TPSA) is 194 Å². The summed E-state index contributed by atoms with van der Waals surface area (Å²) >= 11 is 0. The first-order valence-corrected chi connectivity index (χ1v) is 5.04. The molecular weight excluding hydrogens is 258 g/mol. The first-order valence-electron chi connectivity index (χ1n) is 3.68. The van der Waals surface area contributed by atoms with Crippen LogP contribution < -0.4 is 5.73 Å². The third-order valence-corrected chi connectivity index (χ3v) is 1.29. The zero-order valence-electron chi connectivity index (χ0n) is 8.32. The van der Waals surface area contributed by atoms with Gasteiger partial charge in [0.25, 0.3) is 0 Å². The number of aromatic carboxylic acids is 1. The molecule has 0 bridgehead atoms. The molecule has 0 amide bonds. The maximum absolute atomic E-state index is 10.4. The van der Waals surface area contributed by atoms with E-state index in [4.69, 9.17) is 27.7 Å². The Balaban J connectivity index is 0. The summed E-state index contributed by atoms with van der Waals surface area (Å²) in [5.41, 5.74) is 3.99. The maximum Gasteiger partial charge on any atom is 0.339 e. The van der Waals surface area contributed by atoms with Gasteiger partial charge in [0.05, 0.1) is 0 Å². The first-order chi connectivity index (χ1) is 7.11. The van der Waals surface area contributed by atoms with E-state index in [1.807, 2.05) is 0 Å². The summed E-state index contributed by atoms with van der Waals surface area (Å²) in [6, 6.07) is 4.17. The van der Waals surface area contributed by atoms with Crippen LogP contribution >= 0.6 is 0 Å². The van der Waals surface area contributed by atoms with E-state index in [1.54, 1.807) is 6.07 Å². The van der Waals surface area contributed by atoms with E-state index >= 15 is 0 Å². The molecule has 1 rings (SSSR count). The lowest BCUT2D eigenvalue weighted by Crippen LogP contribution is -2.40. The second-order valence-corrected chi connectivity index (χ2v) is 3.44. The van der Waals surface area contributed by atoms with Gasteiger partial charge >= 0.3 is 5.97 Å². The molecule has 98 valence electrons. The van der Waals surface area contributed by atoms with Gasteiger partial charge in [-0.25, -0.2) is 13.2 Å². The van der Waals surface area contributed by atoms with Crippen LogP contribution in [0.4, 0.5) is 5.69 Å². The Bertz CT molecular complexity index is 475. The Morgan fingerprint density at radius 1 is 1.35 bits per heavy atom. The lowest BCUT2D eigenvalue weighted by molar-refractivity contribution is -0.254. The average molecular weight is 269 g/mol. The molecule has 0 aliphatic carbocycles. The van der Waals surface area contributed by atoms with Gasteiger partial charge in [-0.05, 0) is 6.07 Å². The molecule has 1 aromatic rings. The summed E-state index contributed by atoms with van der Waals surface area (Å²) in [6.45, 7) is 0. The number of hydrogen-bond acceptors (Lipinski definition) is 5. The molecule has 0 radical (unpaired) electrons. The minimum Gasteiger partial charge on any atom is -0.726 e. The van der Waals surface area contributed by atoms with Crippen molar-refractivity contribution in [1.29, 1.82) is 0 Å². The van der Waals surface area contributed by atoms with E-state index in [2.05, 4.69) is 5.73 Å². The van der Waals surface area contributed by atoms with Crippen molar-refractivity contribution in [3.05, 3.63) is 23.8 Å². The highest BCUT2D eigenvalue weighted by Crippen LogP contribution is 2.18. The number of carbonyl (C=O) groups is 1. The smallest absolute Gasteiger partial charge is 0.339 e. The zero-order chi connectivity index (χ0) is 12.9. The summed E-state index contributed by atoms with van der Waals surface area (Å²) in [5, 5.41) is 17.5. The minimum atomic E-state index is -4.92. The van der Waals surface area contributed by atoms with Crippen molar-refractivity contribution < 1.29 is 43.7 Å². The van der Waals surface area contributed by atoms with Crippen molar-refractivity contribution in [2.75, 3.05) is 0 Å². The van der Waals surface area contributed by atoms with Crippen LogP contribution in [-0.2, 0) is 10.4 Å². The predicted molar refractivity (Wildman–Crippen MR) is 53.6 cm³/mol. The lowest BCUT2D eigenvalue weighted by Gasteiger charge is -1.96. The average Bonchev–Trinajstić information content (AvgIpc) is 2.06. The third-order valence-electron chi connectivity index (χ3n) is 1.29. The molecule has 0 saturated carbocycles. The van der Waals surface area contributed by atoms with Gasteiger partial charge in [-0.15, -0.1) is 0 Å². The predicted octanol–water partition coefficient (Wildman–Crippen LogP) is -1.86. The van der Waals surface area contributed by atoms with Crippen LogP contribution in [0.2, 0.25) is 0 Å². The Morgan fingerprint density at radius 3 is 2.06 bits per heavy atom. The zero-order valence-corrected chi connectivity index (χ0v) is 9.14. The number of carboxylic acids is 1. The highest BCUT2D eigenvalue weighted by Gasteiger charge is 2.09. The fourth-order valence-electron chi connectivity index (χ4n) is 0.754. The van der Waals surface area contributed by atoms with Gasteiger partial charge in [0, 0.05) is 12.1 Å². The van der Waals surface area contributed by atoms with Crippen LogP contribution in [0, 0.1) is 0 Å². The lowest BCUT2D eigenvalue weighted by atomic mass is 10.2. The molecule has 0 aliphatic rings. The molecule has 8 N–H and O–H groups in total. The van der Waals surface area contributed by atoms with E-state index in [-0.39, 0.29) is 16.8 Å². The molecule has 0 atom stereocenters. The summed E-state index contributed by atoms with van der Waals surface area (Å²) < 4.78 is 32.8. The molecule has 0 saturated heterocycles. The van der Waals surface area contributed by atoms with E-state index < -0.39 is 16.4 Å².